The van der Waals surface area contributed by atoms with E-state index in [9.17, 15) is 0 Å². The van der Waals surface area contributed by atoms with Crippen molar-refractivity contribution in [2.45, 2.75) is 24.3 Å². The Balaban J connectivity index is 1.95. The van der Waals surface area contributed by atoms with Gasteiger partial charge in [0.15, 0.2) is 0 Å². The number of nitrogens with two attached hydrogens (primary N) is 1. The van der Waals surface area contributed by atoms with Gasteiger partial charge < -0.3 is 10.5 Å². The number of hydrogen-bond acceptors (Lipinski definition) is 4. The fourth-order valence-electron chi connectivity index (χ4n) is 1.78. The molecule has 5 heteroatoms. The number of nitrogens with zero attached hydrogens (tertiary/aromatic N) is 1. The number of thioether (sulfide) groups is 1. The van der Waals surface area contributed by atoms with E-state index in [0.29, 0.717) is 6.61 Å². The molecular formula is C16H19BrN2OS. The lowest BCUT2D eigenvalue weighted by molar-refractivity contribution is 0.315. The normalized spacial score (nSPS) is 12.1. The molecule has 1 aromatic carbocycles. The van der Waals surface area contributed by atoms with Gasteiger partial charge >= 0.3 is 0 Å². The van der Waals surface area contributed by atoms with Crippen LogP contribution in [0.4, 0.5) is 0 Å². The smallest absolute Gasteiger partial charge is 0.137 e. The van der Waals surface area contributed by atoms with Crippen LogP contribution in [0, 0.1) is 0 Å². The second kappa shape index (κ2) is 8.41. The number of rotatable bonds is 7. The molecule has 3 nitrogen and oxygen atoms in total. The molecule has 0 aliphatic carbocycles. The highest BCUT2D eigenvalue weighted by atomic mass is 79.9. The molecular weight excluding hydrogens is 348 g/mol. The van der Waals surface area contributed by atoms with Crippen molar-refractivity contribution in [3.05, 3.63) is 52.8 Å². The highest BCUT2D eigenvalue weighted by Crippen LogP contribution is 2.26. The number of hydrogen-bond donors (Lipinski definition) is 1. The van der Waals surface area contributed by atoms with Crippen molar-refractivity contribution in [3.63, 3.8) is 0 Å². The summed E-state index contributed by atoms with van der Waals surface area (Å²) in [5.74, 6) is 1.59. The van der Waals surface area contributed by atoms with Gasteiger partial charge in [0.2, 0.25) is 0 Å². The van der Waals surface area contributed by atoms with Gasteiger partial charge in [-0.1, -0.05) is 28.9 Å². The molecule has 2 rings (SSSR count). The molecule has 0 saturated carbocycles. The second-order valence-electron chi connectivity index (χ2n) is 4.68. The van der Waals surface area contributed by atoms with Crippen molar-refractivity contribution in [2.24, 2.45) is 5.73 Å². The van der Waals surface area contributed by atoms with Gasteiger partial charge in [0.05, 0.1) is 12.8 Å². The van der Waals surface area contributed by atoms with Gasteiger partial charge in [-0.25, -0.2) is 0 Å². The second-order valence-corrected chi connectivity index (χ2v) is 6.69. The minimum absolute atomic E-state index is 0.0633. The van der Waals surface area contributed by atoms with E-state index < -0.39 is 0 Å². The lowest BCUT2D eigenvalue weighted by Crippen LogP contribution is -2.13. The molecule has 0 saturated heterocycles. The monoisotopic (exact) mass is 366 g/mol. The first-order valence-corrected chi connectivity index (χ1v) is 8.68. The summed E-state index contributed by atoms with van der Waals surface area (Å²) in [5.41, 5.74) is 7.26. The van der Waals surface area contributed by atoms with E-state index in [1.807, 2.05) is 24.4 Å². The zero-order chi connectivity index (χ0) is 15.1. The molecule has 0 spiro atoms. The van der Waals surface area contributed by atoms with Crippen molar-refractivity contribution in [1.82, 2.24) is 4.98 Å². The maximum Gasteiger partial charge on any atom is 0.137 e. The van der Waals surface area contributed by atoms with Crippen LogP contribution in [0.15, 0.2) is 52.1 Å². The molecule has 0 bridgehead atoms. The molecule has 0 aliphatic heterocycles. The summed E-state index contributed by atoms with van der Waals surface area (Å²) < 4.78 is 6.67. The first-order valence-electron chi connectivity index (χ1n) is 6.90. The van der Waals surface area contributed by atoms with Crippen LogP contribution in [0.3, 0.4) is 0 Å². The fraction of sp³-hybridized carbons (Fsp3) is 0.312. The molecule has 2 aromatic rings. The summed E-state index contributed by atoms with van der Waals surface area (Å²) in [6, 6.07) is 10.1. The van der Waals surface area contributed by atoms with Gasteiger partial charge in [-0.15, -0.1) is 11.8 Å². The Bertz CT molecular complexity index is 580. The number of pyridine rings is 1. The van der Waals surface area contributed by atoms with E-state index in [2.05, 4.69) is 40.0 Å². The van der Waals surface area contributed by atoms with E-state index in [-0.39, 0.29) is 6.04 Å². The Hall–Kier alpha value is -1.04. The van der Waals surface area contributed by atoms with Gasteiger partial charge in [-0.2, -0.15) is 0 Å². The summed E-state index contributed by atoms with van der Waals surface area (Å²) in [5, 5.41) is 0. The maximum absolute atomic E-state index is 6.25. The van der Waals surface area contributed by atoms with Crippen molar-refractivity contribution in [1.29, 1.82) is 0 Å². The van der Waals surface area contributed by atoms with E-state index in [1.165, 1.54) is 4.90 Å². The average molecular weight is 367 g/mol. The Labute approximate surface area is 138 Å². The van der Waals surface area contributed by atoms with Crippen LogP contribution in [0.25, 0.3) is 0 Å². The molecule has 1 unspecified atom stereocenters. The van der Waals surface area contributed by atoms with E-state index in [4.69, 9.17) is 10.5 Å². The summed E-state index contributed by atoms with van der Waals surface area (Å²) >= 11 is 5.21. The lowest BCUT2D eigenvalue weighted by atomic mass is 10.1. The third-order valence-electron chi connectivity index (χ3n) is 2.86. The minimum Gasteiger partial charge on any atom is -0.492 e. The van der Waals surface area contributed by atoms with Crippen LogP contribution >= 0.6 is 27.7 Å². The van der Waals surface area contributed by atoms with Crippen LogP contribution < -0.4 is 10.5 Å². The van der Waals surface area contributed by atoms with Gasteiger partial charge in [-0.05, 0) is 36.2 Å². The Morgan fingerprint density at radius 2 is 2.19 bits per heavy atom. The van der Waals surface area contributed by atoms with Gasteiger partial charge in [0.1, 0.15) is 5.75 Å². The van der Waals surface area contributed by atoms with Crippen molar-refractivity contribution in [2.75, 3.05) is 12.4 Å². The lowest BCUT2D eigenvalue weighted by Gasteiger charge is -2.13. The molecule has 21 heavy (non-hydrogen) atoms. The van der Waals surface area contributed by atoms with Crippen LogP contribution in [0.2, 0.25) is 0 Å². The standard InChI is InChI=1S/C16H19BrN2OS/c1-2-6-20-14-7-12(9-19-10-14)16(18)11-21-15-5-3-4-13(17)8-15/h3-5,7-10,16H,2,6,11,18H2,1H3. The summed E-state index contributed by atoms with van der Waals surface area (Å²) in [6.45, 7) is 2.78. The highest BCUT2D eigenvalue weighted by molar-refractivity contribution is 9.10. The topological polar surface area (TPSA) is 48.1 Å². The van der Waals surface area contributed by atoms with E-state index in [0.717, 1.165) is 28.0 Å². The molecule has 0 fully saturated rings. The van der Waals surface area contributed by atoms with E-state index >= 15 is 0 Å². The number of halogens is 1. The molecule has 1 heterocycles. The number of aromatic nitrogens is 1. The average Bonchev–Trinajstić information content (AvgIpc) is 2.51. The maximum atomic E-state index is 6.25. The number of ether oxygens (including phenoxy) is 1. The van der Waals surface area contributed by atoms with Crippen LogP contribution in [-0.4, -0.2) is 17.3 Å². The van der Waals surface area contributed by atoms with Crippen LogP contribution in [0.1, 0.15) is 24.9 Å². The molecule has 1 atom stereocenters. The molecule has 0 aliphatic rings. The molecule has 2 N–H and O–H groups in total. The third kappa shape index (κ3) is 5.34. The summed E-state index contributed by atoms with van der Waals surface area (Å²) in [7, 11) is 0. The predicted octanol–water partition coefficient (Wildman–Crippen LogP) is 4.43. The molecule has 112 valence electrons. The zero-order valence-electron chi connectivity index (χ0n) is 12.0. The predicted molar refractivity (Wildman–Crippen MR) is 91.8 cm³/mol. The first kappa shape index (κ1) is 16.3. The van der Waals surface area contributed by atoms with Gasteiger partial charge in [-0.3, -0.25) is 4.98 Å². The third-order valence-corrected chi connectivity index (χ3v) is 4.47. The van der Waals surface area contributed by atoms with Gasteiger partial charge in [0.25, 0.3) is 0 Å². The Kier molecular flexibility index (Phi) is 6.54. The van der Waals surface area contributed by atoms with Crippen LogP contribution in [0.5, 0.6) is 5.75 Å². The number of benzene rings is 1. The minimum atomic E-state index is -0.0633. The Morgan fingerprint density at radius 1 is 1.33 bits per heavy atom. The van der Waals surface area contributed by atoms with Crippen molar-refractivity contribution in [3.8, 4) is 5.75 Å². The quantitative estimate of drug-likeness (QED) is 0.736. The fourth-order valence-corrected chi connectivity index (χ4v) is 3.28. The SMILES string of the molecule is CCCOc1cncc(C(N)CSc2cccc(Br)c2)c1. The van der Waals surface area contributed by atoms with E-state index in [1.54, 1.807) is 18.0 Å². The molecule has 1 aromatic heterocycles. The van der Waals surface area contributed by atoms with Crippen molar-refractivity contribution >= 4 is 27.7 Å². The largest absolute Gasteiger partial charge is 0.492 e. The molecule has 0 radical (unpaired) electrons. The zero-order valence-corrected chi connectivity index (χ0v) is 14.4. The van der Waals surface area contributed by atoms with Crippen LogP contribution in [-0.2, 0) is 0 Å². The first-order chi connectivity index (χ1) is 10.2. The molecule has 0 amide bonds. The van der Waals surface area contributed by atoms with Crippen molar-refractivity contribution < 1.29 is 4.74 Å². The summed E-state index contributed by atoms with van der Waals surface area (Å²) in [6.07, 6.45) is 4.52. The Morgan fingerprint density at radius 3 is 2.95 bits per heavy atom. The van der Waals surface area contributed by atoms with Gasteiger partial charge in [0, 0.05) is 27.4 Å². The summed E-state index contributed by atoms with van der Waals surface area (Å²) in [4.78, 5) is 5.41. The highest BCUT2D eigenvalue weighted by Gasteiger charge is 2.09.